The van der Waals surface area contributed by atoms with Gasteiger partial charge in [0.05, 0.1) is 0 Å². The normalized spacial score (nSPS) is 16.2. The minimum Gasteiger partial charge on any atom is -0.367 e. The Kier molecular flexibility index (Phi) is 3.86. The van der Waals surface area contributed by atoms with E-state index in [1.807, 2.05) is 23.1 Å². The highest BCUT2D eigenvalue weighted by atomic mass is 19.1. The number of aryl methyl sites for hydroxylation is 1. The van der Waals surface area contributed by atoms with Crippen LogP contribution in [0.25, 0.3) is 0 Å². The van der Waals surface area contributed by atoms with Crippen molar-refractivity contribution in [2.24, 2.45) is 0 Å². The number of benzene rings is 1. The van der Waals surface area contributed by atoms with Gasteiger partial charge in [-0.05, 0) is 49.6 Å². The largest absolute Gasteiger partial charge is 0.367 e. The van der Waals surface area contributed by atoms with Crippen molar-refractivity contribution in [2.45, 2.75) is 25.7 Å². The third kappa shape index (κ3) is 2.89. The first-order valence-corrected chi connectivity index (χ1v) is 7.26. The topological polar surface area (TPSA) is 16.1 Å². The lowest BCUT2D eigenvalue weighted by atomic mass is 9.92. The Balaban J connectivity index is 1.75. The fourth-order valence-electron chi connectivity index (χ4n) is 3.01. The number of aromatic nitrogens is 1. The Morgan fingerprint density at radius 1 is 1.10 bits per heavy atom. The fourth-order valence-corrected chi connectivity index (χ4v) is 3.01. The van der Waals surface area contributed by atoms with E-state index in [1.165, 1.54) is 12.1 Å². The first-order chi connectivity index (χ1) is 10.1. The zero-order chi connectivity index (χ0) is 14.8. The standard InChI is InChI=1S/C17H18F2N2/c1-12-10-14(18)17(15(19)11-12)21-8-5-13(6-9-21)16-4-2-3-7-20-16/h2-4,7,10-11,13H,5-6,8-9H2,1H3. The SMILES string of the molecule is Cc1cc(F)c(N2CCC(c3ccccn3)CC2)c(F)c1. The molecule has 2 aromatic rings. The highest BCUT2D eigenvalue weighted by molar-refractivity contribution is 5.51. The van der Waals surface area contributed by atoms with Crippen LogP contribution >= 0.6 is 0 Å². The maximum Gasteiger partial charge on any atom is 0.149 e. The molecule has 0 N–H and O–H groups in total. The zero-order valence-electron chi connectivity index (χ0n) is 12.0. The molecule has 0 radical (unpaired) electrons. The Labute approximate surface area is 123 Å². The molecule has 2 nitrogen and oxygen atoms in total. The molecule has 4 heteroatoms. The summed E-state index contributed by atoms with van der Waals surface area (Å²) in [6, 6.07) is 8.68. The maximum atomic E-state index is 14.0. The molecule has 1 fully saturated rings. The van der Waals surface area contributed by atoms with Crippen molar-refractivity contribution in [1.82, 2.24) is 4.98 Å². The van der Waals surface area contributed by atoms with Gasteiger partial charge < -0.3 is 4.90 Å². The molecule has 3 rings (SSSR count). The van der Waals surface area contributed by atoms with E-state index in [-0.39, 0.29) is 5.69 Å². The predicted octanol–water partition coefficient (Wildman–Crippen LogP) is 4.05. The minimum atomic E-state index is -0.469. The quantitative estimate of drug-likeness (QED) is 0.828. The van der Waals surface area contributed by atoms with E-state index in [0.717, 1.165) is 18.5 Å². The molecule has 0 bridgehead atoms. The number of hydrogen-bond acceptors (Lipinski definition) is 2. The minimum absolute atomic E-state index is 0.111. The molecule has 1 aliphatic rings. The number of halogens is 2. The molecule has 21 heavy (non-hydrogen) atoms. The summed E-state index contributed by atoms with van der Waals surface area (Å²) in [4.78, 5) is 6.19. The number of rotatable bonds is 2. The molecule has 1 aromatic carbocycles. The van der Waals surface area contributed by atoms with Gasteiger partial charge in [-0.2, -0.15) is 0 Å². The summed E-state index contributed by atoms with van der Waals surface area (Å²) < 4.78 is 28.0. The maximum absolute atomic E-state index is 14.0. The van der Waals surface area contributed by atoms with Gasteiger partial charge in [0.15, 0.2) is 0 Å². The summed E-state index contributed by atoms with van der Waals surface area (Å²) in [5, 5.41) is 0. The number of piperidine rings is 1. The van der Waals surface area contributed by atoms with Gasteiger partial charge in [0.25, 0.3) is 0 Å². The summed E-state index contributed by atoms with van der Waals surface area (Å²) >= 11 is 0. The molecule has 110 valence electrons. The Hall–Kier alpha value is -1.97. The van der Waals surface area contributed by atoms with E-state index >= 15 is 0 Å². The van der Waals surface area contributed by atoms with Crippen molar-refractivity contribution in [3.63, 3.8) is 0 Å². The van der Waals surface area contributed by atoms with Gasteiger partial charge in [0.2, 0.25) is 0 Å². The molecule has 1 aliphatic heterocycles. The van der Waals surface area contributed by atoms with E-state index in [1.54, 1.807) is 13.1 Å². The van der Waals surface area contributed by atoms with Crippen LogP contribution in [-0.2, 0) is 0 Å². The van der Waals surface area contributed by atoms with Crippen LogP contribution in [0.4, 0.5) is 14.5 Å². The Morgan fingerprint density at radius 3 is 2.33 bits per heavy atom. The van der Waals surface area contributed by atoms with Crippen molar-refractivity contribution in [1.29, 1.82) is 0 Å². The third-order valence-corrected chi connectivity index (χ3v) is 4.08. The summed E-state index contributed by atoms with van der Waals surface area (Å²) in [6.07, 6.45) is 3.52. The van der Waals surface area contributed by atoms with Crippen LogP contribution in [0.1, 0.15) is 30.0 Å². The third-order valence-electron chi connectivity index (χ3n) is 4.08. The second-order valence-electron chi connectivity index (χ2n) is 5.59. The van der Waals surface area contributed by atoms with Gasteiger partial charge in [-0.3, -0.25) is 4.98 Å². The van der Waals surface area contributed by atoms with E-state index in [4.69, 9.17) is 0 Å². The van der Waals surface area contributed by atoms with E-state index in [9.17, 15) is 8.78 Å². The Morgan fingerprint density at radius 2 is 1.76 bits per heavy atom. The predicted molar refractivity (Wildman–Crippen MR) is 79.5 cm³/mol. The average molecular weight is 288 g/mol. The lowest BCUT2D eigenvalue weighted by Crippen LogP contribution is -2.34. The highest BCUT2D eigenvalue weighted by Crippen LogP contribution is 2.32. The van der Waals surface area contributed by atoms with Crippen molar-refractivity contribution in [2.75, 3.05) is 18.0 Å². The van der Waals surface area contributed by atoms with Gasteiger partial charge in [-0.25, -0.2) is 8.78 Å². The van der Waals surface area contributed by atoms with Crippen LogP contribution in [0, 0.1) is 18.6 Å². The zero-order valence-corrected chi connectivity index (χ0v) is 12.0. The number of nitrogens with zero attached hydrogens (tertiary/aromatic N) is 2. The van der Waals surface area contributed by atoms with E-state index in [2.05, 4.69) is 4.98 Å². The van der Waals surface area contributed by atoms with Crippen LogP contribution < -0.4 is 4.90 Å². The fraction of sp³-hybridized carbons (Fsp3) is 0.353. The lowest BCUT2D eigenvalue weighted by Gasteiger charge is -2.33. The van der Waals surface area contributed by atoms with E-state index < -0.39 is 11.6 Å². The molecule has 0 saturated carbocycles. The second kappa shape index (κ2) is 5.80. The molecular weight excluding hydrogens is 270 g/mol. The number of hydrogen-bond donors (Lipinski definition) is 0. The average Bonchev–Trinajstić information content (AvgIpc) is 2.48. The first-order valence-electron chi connectivity index (χ1n) is 7.26. The molecular formula is C17H18F2N2. The van der Waals surface area contributed by atoms with Gasteiger partial charge in [-0.15, -0.1) is 0 Å². The van der Waals surface area contributed by atoms with Crippen molar-refractivity contribution < 1.29 is 8.78 Å². The van der Waals surface area contributed by atoms with Gasteiger partial charge >= 0.3 is 0 Å². The first kappa shape index (κ1) is 14.0. The molecule has 0 spiro atoms. The number of pyridine rings is 1. The molecule has 1 aromatic heterocycles. The van der Waals surface area contributed by atoms with Crippen LogP contribution in [0.5, 0.6) is 0 Å². The summed E-state index contributed by atoms with van der Waals surface area (Å²) in [7, 11) is 0. The molecule has 0 aliphatic carbocycles. The van der Waals surface area contributed by atoms with Crippen LogP contribution in [-0.4, -0.2) is 18.1 Å². The van der Waals surface area contributed by atoms with Crippen molar-refractivity contribution in [3.05, 3.63) is 59.4 Å². The molecule has 0 atom stereocenters. The monoisotopic (exact) mass is 288 g/mol. The summed E-state index contributed by atoms with van der Waals surface area (Å²) in [5.74, 6) is -0.563. The second-order valence-corrected chi connectivity index (χ2v) is 5.59. The smallest absolute Gasteiger partial charge is 0.149 e. The molecule has 1 saturated heterocycles. The number of anilines is 1. The highest BCUT2D eigenvalue weighted by Gasteiger charge is 2.25. The van der Waals surface area contributed by atoms with Gasteiger partial charge in [0, 0.05) is 30.9 Å². The van der Waals surface area contributed by atoms with Crippen molar-refractivity contribution in [3.8, 4) is 0 Å². The van der Waals surface area contributed by atoms with Crippen molar-refractivity contribution >= 4 is 5.69 Å². The summed E-state index contributed by atoms with van der Waals surface area (Å²) in [6.45, 7) is 3.00. The van der Waals surface area contributed by atoms with Crippen LogP contribution in [0.3, 0.4) is 0 Å². The molecule has 0 unspecified atom stereocenters. The molecule has 2 heterocycles. The Bertz CT molecular complexity index is 597. The van der Waals surface area contributed by atoms with Crippen LogP contribution in [0.2, 0.25) is 0 Å². The van der Waals surface area contributed by atoms with E-state index in [0.29, 0.717) is 24.6 Å². The lowest BCUT2D eigenvalue weighted by molar-refractivity contribution is 0.479. The van der Waals surface area contributed by atoms with Crippen LogP contribution in [0.15, 0.2) is 36.5 Å². The molecule has 0 amide bonds. The summed E-state index contributed by atoms with van der Waals surface area (Å²) in [5.41, 5.74) is 1.79. The van der Waals surface area contributed by atoms with Gasteiger partial charge in [0.1, 0.15) is 17.3 Å². The van der Waals surface area contributed by atoms with Gasteiger partial charge in [-0.1, -0.05) is 6.07 Å².